The van der Waals surface area contributed by atoms with Crippen molar-refractivity contribution in [3.8, 4) is 0 Å². The van der Waals surface area contributed by atoms with Crippen LogP contribution < -0.4 is 5.32 Å². The lowest BCUT2D eigenvalue weighted by molar-refractivity contribution is -0.0135. The van der Waals surface area contributed by atoms with Gasteiger partial charge in [-0.05, 0) is 25.8 Å². The van der Waals surface area contributed by atoms with Crippen LogP contribution in [0.4, 0.5) is 14.0 Å². The third-order valence-corrected chi connectivity index (χ3v) is 4.47. The number of hydrogen-bond acceptors (Lipinski definition) is 4. The molecule has 8 heteroatoms. The number of nitrogens with zero attached hydrogens (tertiary/aromatic N) is 1. The third kappa shape index (κ3) is 5.32. The van der Waals surface area contributed by atoms with Gasteiger partial charge in [-0.15, -0.1) is 0 Å². The zero-order valence-electron chi connectivity index (χ0n) is 15.0. The molecule has 7 nitrogen and oxygen atoms in total. The van der Waals surface area contributed by atoms with Crippen LogP contribution in [0.25, 0.3) is 0 Å². The molecule has 0 bridgehead atoms. The maximum Gasteiger partial charge on any atom is 0.407 e. The van der Waals surface area contributed by atoms with Gasteiger partial charge in [-0.1, -0.05) is 17.7 Å². The summed E-state index contributed by atoms with van der Waals surface area (Å²) in [5, 5.41) is 11.8. The number of alkyl carbamates (subject to hydrolysis) is 1. The van der Waals surface area contributed by atoms with E-state index >= 15 is 0 Å². The highest BCUT2D eigenvalue weighted by Crippen LogP contribution is 2.34. The molecule has 2 rings (SSSR count). The zero-order valence-corrected chi connectivity index (χ0v) is 15.0. The number of carbonyl (C=O) groups excluding carboxylic acids is 1. The van der Waals surface area contributed by atoms with Crippen LogP contribution in [0.3, 0.4) is 0 Å². The lowest BCUT2D eigenvalue weighted by Gasteiger charge is -2.36. The Kier molecular flexibility index (Phi) is 7.20. The van der Waals surface area contributed by atoms with Crippen molar-refractivity contribution in [2.45, 2.75) is 25.9 Å². The van der Waals surface area contributed by atoms with Crippen LogP contribution >= 0.6 is 0 Å². The lowest BCUT2D eigenvalue weighted by atomic mass is 9.87. The molecule has 1 aliphatic rings. The molecule has 1 unspecified atom stereocenters. The quantitative estimate of drug-likeness (QED) is 0.754. The number of rotatable bonds is 6. The van der Waals surface area contributed by atoms with Gasteiger partial charge in [-0.2, -0.15) is 0 Å². The van der Waals surface area contributed by atoms with E-state index in [-0.39, 0.29) is 31.4 Å². The van der Waals surface area contributed by atoms with E-state index < -0.39 is 18.3 Å². The topological polar surface area (TPSA) is 88.1 Å². The maximum absolute atomic E-state index is 14.4. The zero-order chi connectivity index (χ0) is 19.1. The molecule has 1 heterocycles. The smallest absolute Gasteiger partial charge is 0.407 e. The highest BCUT2D eigenvalue weighted by molar-refractivity contribution is 5.66. The predicted molar refractivity (Wildman–Crippen MR) is 92.6 cm³/mol. The number of nitrogens with one attached hydrogen (secondary N) is 1. The Balaban J connectivity index is 2.14. The minimum Gasteiger partial charge on any atom is -0.465 e. The molecule has 0 saturated carbocycles. The number of carboxylic acid groups (broad SMARTS) is 1. The summed E-state index contributed by atoms with van der Waals surface area (Å²) in [7, 11) is 1.27. The molecule has 0 radical (unpaired) electrons. The van der Waals surface area contributed by atoms with Crippen LogP contribution in [0.5, 0.6) is 0 Å². The molecule has 144 valence electrons. The summed E-state index contributed by atoms with van der Waals surface area (Å²) in [6, 6.07) is 4.80. The first-order valence-corrected chi connectivity index (χ1v) is 8.59. The van der Waals surface area contributed by atoms with E-state index in [2.05, 4.69) is 10.1 Å². The van der Waals surface area contributed by atoms with Crippen molar-refractivity contribution in [3.05, 3.63) is 35.1 Å². The molecule has 1 saturated heterocycles. The Labute approximate surface area is 152 Å². The third-order valence-electron chi connectivity index (χ3n) is 4.47. The van der Waals surface area contributed by atoms with Gasteiger partial charge in [-0.3, -0.25) is 0 Å². The first-order chi connectivity index (χ1) is 12.4. The Bertz CT molecular complexity index is 640. The molecule has 1 aromatic carbocycles. The molecule has 2 amide bonds. The molecule has 26 heavy (non-hydrogen) atoms. The number of carbonyl (C=O) groups is 2. The van der Waals surface area contributed by atoms with Gasteiger partial charge >= 0.3 is 12.2 Å². The number of hydrogen-bond donors (Lipinski definition) is 2. The largest absolute Gasteiger partial charge is 0.465 e. The van der Waals surface area contributed by atoms with Crippen molar-refractivity contribution < 1.29 is 28.6 Å². The Morgan fingerprint density at radius 2 is 2.23 bits per heavy atom. The molecule has 0 aliphatic carbocycles. The van der Waals surface area contributed by atoms with E-state index in [1.54, 1.807) is 12.1 Å². The van der Waals surface area contributed by atoms with Crippen LogP contribution in [-0.2, 0) is 9.47 Å². The van der Waals surface area contributed by atoms with Crippen LogP contribution in [0, 0.1) is 18.7 Å². The normalized spacial score (nSPS) is 18.3. The number of ether oxygens (including phenoxy) is 2. The molecule has 0 spiro atoms. The summed E-state index contributed by atoms with van der Waals surface area (Å²) in [6.45, 7) is 3.00. The van der Waals surface area contributed by atoms with E-state index in [0.717, 1.165) is 12.0 Å². The minimum absolute atomic E-state index is 0.158. The molecule has 1 fully saturated rings. The summed E-state index contributed by atoms with van der Waals surface area (Å²) in [5.74, 6) is -0.539. The molecular formula is C18H25FN2O5. The predicted octanol–water partition coefficient (Wildman–Crippen LogP) is 2.94. The highest BCUT2D eigenvalue weighted by Gasteiger charge is 2.32. The number of amides is 2. The highest BCUT2D eigenvalue weighted by atomic mass is 19.1. The second kappa shape index (κ2) is 9.38. The van der Waals surface area contributed by atoms with E-state index in [0.29, 0.717) is 18.5 Å². The minimum atomic E-state index is -0.981. The van der Waals surface area contributed by atoms with Gasteiger partial charge in [0.2, 0.25) is 0 Å². The molecule has 0 aromatic heterocycles. The van der Waals surface area contributed by atoms with E-state index in [9.17, 15) is 19.1 Å². The lowest BCUT2D eigenvalue weighted by Crippen LogP contribution is -2.41. The average Bonchev–Trinajstić information content (AvgIpc) is 2.64. The van der Waals surface area contributed by atoms with Gasteiger partial charge in [0.1, 0.15) is 5.82 Å². The van der Waals surface area contributed by atoms with Gasteiger partial charge in [0, 0.05) is 31.1 Å². The second-order valence-corrected chi connectivity index (χ2v) is 6.37. The van der Waals surface area contributed by atoms with Crippen LogP contribution in [-0.4, -0.2) is 55.5 Å². The van der Waals surface area contributed by atoms with Crippen molar-refractivity contribution in [2.75, 3.05) is 33.4 Å². The Morgan fingerprint density at radius 3 is 2.92 bits per heavy atom. The van der Waals surface area contributed by atoms with Crippen molar-refractivity contribution >= 4 is 12.2 Å². The fraction of sp³-hybridized carbons (Fsp3) is 0.556. The average molecular weight is 368 g/mol. The number of piperidine rings is 1. The summed E-state index contributed by atoms with van der Waals surface area (Å²) >= 11 is 0. The molecule has 2 atom stereocenters. The second-order valence-electron chi connectivity index (χ2n) is 6.37. The number of benzene rings is 1. The van der Waals surface area contributed by atoms with Crippen molar-refractivity contribution in [1.82, 2.24) is 10.2 Å². The van der Waals surface area contributed by atoms with Gasteiger partial charge in [-0.25, -0.2) is 14.0 Å². The van der Waals surface area contributed by atoms with Crippen molar-refractivity contribution in [2.24, 2.45) is 5.92 Å². The molecule has 1 aliphatic heterocycles. The van der Waals surface area contributed by atoms with Gasteiger partial charge in [0.25, 0.3) is 0 Å². The number of methoxy groups -OCH3 is 1. The fourth-order valence-electron chi connectivity index (χ4n) is 3.20. The molecular weight excluding hydrogens is 343 g/mol. The fourth-order valence-corrected chi connectivity index (χ4v) is 3.20. The Hall–Kier alpha value is -2.35. The van der Waals surface area contributed by atoms with Crippen molar-refractivity contribution in [1.29, 1.82) is 0 Å². The number of halogens is 1. The summed E-state index contributed by atoms with van der Waals surface area (Å²) in [4.78, 5) is 23.8. The van der Waals surface area contributed by atoms with Gasteiger partial charge < -0.3 is 24.8 Å². The SMILES string of the molecule is COC(=O)NCCO[C@@H](c1cc(C)ccc1F)C1CCCN(C(=O)O)C1. The number of likely N-dealkylation sites (tertiary alicyclic amines) is 1. The summed E-state index contributed by atoms with van der Waals surface area (Å²) < 4.78 is 24.8. The Morgan fingerprint density at radius 1 is 1.46 bits per heavy atom. The van der Waals surface area contributed by atoms with Crippen LogP contribution in [0.1, 0.15) is 30.1 Å². The van der Waals surface area contributed by atoms with Gasteiger partial charge in [0.05, 0.1) is 19.8 Å². The standard InChI is InChI=1S/C18H25FN2O5/c1-12-5-6-15(19)14(10-12)16(26-9-7-20-17(22)25-2)13-4-3-8-21(11-13)18(23)24/h5-6,10,13,16H,3-4,7-9,11H2,1-2H3,(H,20,22)(H,23,24)/t13?,16-/m1/s1. The first-order valence-electron chi connectivity index (χ1n) is 8.59. The maximum atomic E-state index is 14.4. The first kappa shape index (κ1) is 20.0. The molecule has 1 aromatic rings. The number of aryl methyl sites for hydroxylation is 1. The van der Waals surface area contributed by atoms with E-state index in [1.807, 2.05) is 6.92 Å². The summed E-state index contributed by atoms with van der Waals surface area (Å²) in [6.07, 6.45) is -0.694. The molecule has 2 N–H and O–H groups in total. The van der Waals surface area contributed by atoms with Gasteiger partial charge in [0.15, 0.2) is 0 Å². The van der Waals surface area contributed by atoms with Crippen molar-refractivity contribution in [3.63, 3.8) is 0 Å². The van der Waals surface area contributed by atoms with Crippen LogP contribution in [0.2, 0.25) is 0 Å². The van der Waals surface area contributed by atoms with E-state index in [4.69, 9.17) is 4.74 Å². The monoisotopic (exact) mass is 368 g/mol. The summed E-state index contributed by atoms with van der Waals surface area (Å²) in [5.41, 5.74) is 1.31. The van der Waals surface area contributed by atoms with Crippen LogP contribution in [0.15, 0.2) is 18.2 Å². The van der Waals surface area contributed by atoms with E-state index in [1.165, 1.54) is 18.1 Å².